The lowest BCUT2D eigenvalue weighted by molar-refractivity contribution is 0.0315. The molecule has 1 aromatic rings. The van der Waals surface area contributed by atoms with E-state index < -0.39 is 5.91 Å². The van der Waals surface area contributed by atoms with Crippen molar-refractivity contribution in [3.63, 3.8) is 0 Å². The van der Waals surface area contributed by atoms with Crippen molar-refractivity contribution < 1.29 is 9.53 Å². The highest BCUT2D eigenvalue weighted by atomic mass is 16.5. The molecule has 0 aliphatic carbocycles. The fraction of sp³-hybridized carbons (Fsp3) is 0.462. The van der Waals surface area contributed by atoms with E-state index in [0.29, 0.717) is 17.8 Å². The van der Waals surface area contributed by atoms with E-state index in [0.717, 1.165) is 25.1 Å². The van der Waals surface area contributed by atoms with Crippen molar-refractivity contribution in [2.45, 2.75) is 25.4 Å². The first-order chi connectivity index (χ1) is 8.50. The fourth-order valence-corrected chi connectivity index (χ4v) is 2.14. The maximum absolute atomic E-state index is 11.2. The minimum absolute atomic E-state index is 0.131. The van der Waals surface area contributed by atoms with Crippen LogP contribution in [-0.2, 0) is 4.74 Å². The Labute approximate surface area is 106 Å². The molecular weight excluding hydrogens is 230 g/mol. The lowest BCUT2D eigenvalue weighted by atomic mass is 10.0. The van der Waals surface area contributed by atoms with E-state index in [1.54, 1.807) is 12.1 Å². The van der Waals surface area contributed by atoms with E-state index in [1.165, 1.54) is 0 Å². The molecule has 1 fully saturated rings. The van der Waals surface area contributed by atoms with Gasteiger partial charge < -0.3 is 21.5 Å². The highest BCUT2D eigenvalue weighted by molar-refractivity contribution is 5.98. The maximum atomic E-state index is 11.2. The van der Waals surface area contributed by atoms with Crippen molar-refractivity contribution in [2.75, 3.05) is 24.2 Å². The Morgan fingerprint density at radius 1 is 1.56 bits per heavy atom. The van der Waals surface area contributed by atoms with Crippen molar-refractivity contribution in [3.05, 3.63) is 23.8 Å². The van der Waals surface area contributed by atoms with E-state index in [-0.39, 0.29) is 5.60 Å². The second kappa shape index (κ2) is 4.86. The topological polar surface area (TPSA) is 90.4 Å². The highest BCUT2D eigenvalue weighted by Crippen LogP contribution is 2.26. The van der Waals surface area contributed by atoms with Crippen LogP contribution in [0.5, 0.6) is 0 Å². The molecule has 5 heteroatoms. The number of nitrogens with one attached hydrogen (secondary N) is 1. The summed E-state index contributed by atoms with van der Waals surface area (Å²) >= 11 is 0. The van der Waals surface area contributed by atoms with Crippen molar-refractivity contribution in [1.29, 1.82) is 0 Å². The van der Waals surface area contributed by atoms with Crippen molar-refractivity contribution in [2.24, 2.45) is 5.73 Å². The Morgan fingerprint density at radius 2 is 2.33 bits per heavy atom. The predicted molar refractivity (Wildman–Crippen MR) is 71.5 cm³/mol. The van der Waals surface area contributed by atoms with Gasteiger partial charge in [-0.2, -0.15) is 0 Å². The van der Waals surface area contributed by atoms with E-state index in [1.807, 2.05) is 6.07 Å². The van der Waals surface area contributed by atoms with Crippen LogP contribution in [0.2, 0.25) is 0 Å². The van der Waals surface area contributed by atoms with Crippen LogP contribution < -0.4 is 16.8 Å². The number of carbonyl (C=O) groups is 1. The van der Waals surface area contributed by atoms with E-state index in [4.69, 9.17) is 16.2 Å². The van der Waals surface area contributed by atoms with Gasteiger partial charge in [0, 0.05) is 24.5 Å². The van der Waals surface area contributed by atoms with Gasteiger partial charge >= 0.3 is 0 Å². The molecule has 1 atom stereocenters. The molecule has 1 aliphatic rings. The first-order valence-electron chi connectivity index (χ1n) is 6.07. The van der Waals surface area contributed by atoms with Crippen LogP contribution in [0.4, 0.5) is 11.4 Å². The average Bonchev–Trinajstić information content (AvgIpc) is 2.75. The van der Waals surface area contributed by atoms with Crippen LogP contribution >= 0.6 is 0 Å². The molecule has 0 saturated carbocycles. The standard InChI is InChI=1S/C13H19N3O2/c1-13(5-2-6-18-13)8-16-9-3-4-11(14)10(7-9)12(15)17/h3-4,7,16H,2,5-6,8,14H2,1H3,(H2,15,17). The number of carbonyl (C=O) groups excluding carboxylic acids is 1. The molecule has 2 rings (SSSR count). The third-order valence-corrected chi connectivity index (χ3v) is 3.29. The number of ether oxygens (including phenoxy) is 1. The molecule has 1 aliphatic heterocycles. The Kier molecular flexibility index (Phi) is 3.43. The normalized spacial score (nSPS) is 22.9. The van der Waals surface area contributed by atoms with E-state index in [2.05, 4.69) is 12.2 Å². The first-order valence-corrected chi connectivity index (χ1v) is 6.07. The van der Waals surface area contributed by atoms with Gasteiger partial charge in [-0.15, -0.1) is 0 Å². The van der Waals surface area contributed by atoms with Gasteiger partial charge in [0.2, 0.25) is 0 Å². The van der Waals surface area contributed by atoms with Gasteiger partial charge in [-0.25, -0.2) is 0 Å². The van der Waals surface area contributed by atoms with Crippen molar-refractivity contribution in [1.82, 2.24) is 0 Å². The Hall–Kier alpha value is -1.75. The van der Waals surface area contributed by atoms with Gasteiger partial charge in [0.25, 0.3) is 5.91 Å². The Bertz CT molecular complexity index is 454. The van der Waals surface area contributed by atoms with E-state index in [9.17, 15) is 4.79 Å². The summed E-state index contributed by atoms with van der Waals surface area (Å²) in [7, 11) is 0. The zero-order valence-corrected chi connectivity index (χ0v) is 10.5. The molecule has 98 valence electrons. The molecule has 1 heterocycles. The van der Waals surface area contributed by atoms with Crippen LogP contribution in [0.15, 0.2) is 18.2 Å². The lowest BCUT2D eigenvalue weighted by Gasteiger charge is -2.24. The predicted octanol–water partition coefficient (Wildman–Crippen LogP) is 1.35. The molecule has 1 amide bonds. The summed E-state index contributed by atoms with van der Waals surface area (Å²) < 4.78 is 5.68. The number of benzene rings is 1. The van der Waals surface area contributed by atoms with Crippen LogP contribution in [0.25, 0.3) is 0 Å². The maximum Gasteiger partial charge on any atom is 0.250 e. The summed E-state index contributed by atoms with van der Waals surface area (Å²) in [5, 5.41) is 3.26. The smallest absolute Gasteiger partial charge is 0.250 e. The minimum atomic E-state index is -0.514. The van der Waals surface area contributed by atoms with E-state index >= 15 is 0 Å². The second-order valence-electron chi connectivity index (χ2n) is 4.92. The monoisotopic (exact) mass is 249 g/mol. The summed E-state index contributed by atoms with van der Waals surface area (Å²) in [6, 6.07) is 5.19. The molecule has 1 saturated heterocycles. The number of nitrogens with two attached hydrogens (primary N) is 2. The first kappa shape index (κ1) is 12.7. The highest BCUT2D eigenvalue weighted by Gasteiger charge is 2.29. The molecule has 0 spiro atoms. The van der Waals surface area contributed by atoms with Gasteiger partial charge in [-0.1, -0.05) is 0 Å². The number of hydrogen-bond acceptors (Lipinski definition) is 4. The summed E-state index contributed by atoms with van der Waals surface area (Å²) in [4.78, 5) is 11.2. The van der Waals surface area contributed by atoms with Crippen LogP contribution in [0, 0.1) is 0 Å². The molecule has 1 aromatic carbocycles. The van der Waals surface area contributed by atoms with Crippen molar-refractivity contribution in [3.8, 4) is 0 Å². The minimum Gasteiger partial charge on any atom is -0.398 e. The lowest BCUT2D eigenvalue weighted by Crippen LogP contribution is -2.32. The van der Waals surface area contributed by atoms with Gasteiger partial charge in [-0.3, -0.25) is 4.79 Å². The summed E-state index contributed by atoms with van der Waals surface area (Å²) in [6.07, 6.45) is 2.13. The number of anilines is 2. The summed E-state index contributed by atoms with van der Waals surface area (Å²) in [6.45, 7) is 3.60. The van der Waals surface area contributed by atoms with Gasteiger partial charge in [0.15, 0.2) is 0 Å². The zero-order valence-electron chi connectivity index (χ0n) is 10.5. The quantitative estimate of drug-likeness (QED) is 0.702. The third-order valence-electron chi connectivity index (χ3n) is 3.29. The average molecular weight is 249 g/mol. The molecule has 18 heavy (non-hydrogen) atoms. The molecular formula is C13H19N3O2. The molecule has 5 nitrogen and oxygen atoms in total. The van der Waals surface area contributed by atoms with Gasteiger partial charge in [0.05, 0.1) is 11.2 Å². The summed E-state index contributed by atoms with van der Waals surface area (Å²) in [5.74, 6) is -0.514. The largest absolute Gasteiger partial charge is 0.398 e. The number of primary amides is 1. The molecule has 5 N–H and O–H groups in total. The molecule has 0 aromatic heterocycles. The summed E-state index contributed by atoms with van der Waals surface area (Å²) in [5.41, 5.74) is 12.4. The second-order valence-corrected chi connectivity index (χ2v) is 4.92. The number of nitrogen functional groups attached to an aromatic ring is 1. The Balaban J connectivity index is 2.05. The Morgan fingerprint density at radius 3 is 2.94 bits per heavy atom. The van der Waals surface area contributed by atoms with Crippen LogP contribution in [0.1, 0.15) is 30.1 Å². The third kappa shape index (κ3) is 2.73. The van der Waals surface area contributed by atoms with Crippen molar-refractivity contribution >= 4 is 17.3 Å². The van der Waals surface area contributed by atoms with Gasteiger partial charge in [-0.05, 0) is 38.0 Å². The van der Waals surface area contributed by atoms with Crippen LogP contribution in [0.3, 0.4) is 0 Å². The van der Waals surface area contributed by atoms with Crippen LogP contribution in [-0.4, -0.2) is 24.7 Å². The fourth-order valence-electron chi connectivity index (χ4n) is 2.14. The number of hydrogen-bond donors (Lipinski definition) is 3. The molecule has 0 bridgehead atoms. The number of rotatable bonds is 4. The molecule has 0 radical (unpaired) electrons. The SMILES string of the molecule is CC1(CNc2ccc(N)c(C(N)=O)c2)CCCO1. The number of amides is 1. The zero-order chi connectivity index (χ0) is 13.2. The molecule has 1 unspecified atom stereocenters. The van der Waals surface area contributed by atoms with Gasteiger partial charge in [0.1, 0.15) is 0 Å².